The van der Waals surface area contributed by atoms with Crippen LogP contribution in [-0.4, -0.2) is 23.2 Å². The van der Waals surface area contributed by atoms with Crippen molar-refractivity contribution in [2.24, 2.45) is 0 Å². The first-order valence-electron chi connectivity index (χ1n) is 3.48. The van der Waals surface area contributed by atoms with E-state index < -0.39 is 0 Å². The van der Waals surface area contributed by atoms with E-state index in [1.54, 1.807) is 13.0 Å². The molecule has 0 rings (SSSR count). The molecule has 0 atom stereocenters. The number of aliphatic hydroxyl groups is 1. The Labute approximate surface area is 66.7 Å². The van der Waals surface area contributed by atoms with Crippen molar-refractivity contribution < 1.29 is 5.11 Å². The van der Waals surface area contributed by atoms with Crippen LogP contribution in [0.1, 0.15) is 13.8 Å². The molecule has 0 aromatic heterocycles. The minimum atomic E-state index is 0.275. The van der Waals surface area contributed by atoms with Crippen LogP contribution in [0.2, 0.25) is 0 Å². The van der Waals surface area contributed by atoms with Crippen LogP contribution < -0.4 is 5.32 Å². The van der Waals surface area contributed by atoms with Crippen LogP contribution in [0, 0.1) is 0 Å². The van der Waals surface area contributed by atoms with Gasteiger partial charge in [0, 0.05) is 12.3 Å². The van der Waals surface area contributed by atoms with Gasteiger partial charge in [0.1, 0.15) is 0 Å². The van der Waals surface area contributed by atoms with E-state index in [2.05, 4.69) is 12.2 Å². The Hall–Kier alpha value is -0.310. The van der Waals surface area contributed by atoms with Gasteiger partial charge in [0.05, 0.1) is 0 Å². The smallest absolute Gasteiger partial charge is 0.179 e. The maximum Gasteiger partial charge on any atom is 0.179 e. The molecule has 60 valence electrons. The second-order valence-corrected chi connectivity index (χ2v) is 3.19. The van der Waals surface area contributed by atoms with Crippen molar-refractivity contribution in [3.63, 3.8) is 0 Å². The predicted octanol–water partition coefficient (Wildman–Crippen LogP) is 1.75. The summed E-state index contributed by atoms with van der Waals surface area (Å²) in [6.07, 6.45) is 1.65. The molecule has 0 aromatic rings. The van der Waals surface area contributed by atoms with Gasteiger partial charge in [-0.15, -0.1) is 0 Å². The van der Waals surface area contributed by atoms with E-state index in [1.165, 1.54) is 0 Å². The van der Waals surface area contributed by atoms with Crippen LogP contribution in [0.5, 0.6) is 0 Å². The minimum Gasteiger partial charge on any atom is -0.495 e. The monoisotopic (exact) mass is 161 g/mol. The first-order valence-corrected chi connectivity index (χ1v) is 4.63. The molecule has 0 aliphatic carbocycles. The van der Waals surface area contributed by atoms with Crippen molar-refractivity contribution in [2.45, 2.75) is 13.8 Å². The van der Waals surface area contributed by atoms with Gasteiger partial charge in [0.2, 0.25) is 0 Å². The first-order chi connectivity index (χ1) is 4.81. The highest BCUT2D eigenvalue weighted by Crippen LogP contribution is 1.95. The van der Waals surface area contributed by atoms with Gasteiger partial charge in [-0.1, -0.05) is 6.92 Å². The lowest BCUT2D eigenvalue weighted by Crippen LogP contribution is -2.15. The highest BCUT2D eigenvalue weighted by molar-refractivity contribution is 7.99. The third-order valence-corrected chi connectivity index (χ3v) is 1.93. The Bertz CT molecular complexity index is 104. The number of rotatable bonds is 5. The predicted molar refractivity (Wildman–Crippen MR) is 47.4 cm³/mol. The van der Waals surface area contributed by atoms with Gasteiger partial charge in [0.25, 0.3) is 0 Å². The molecule has 0 heterocycles. The van der Waals surface area contributed by atoms with Crippen molar-refractivity contribution in [3.05, 3.63) is 12.0 Å². The van der Waals surface area contributed by atoms with Crippen molar-refractivity contribution in [3.8, 4) is 0 Å². The third kappa shape index (κ3) is 5.82. The summed E-state index contributed by atoms with van der Waals surface area (Å²) >= 11 is 1.86. The van der Waals surface area contributed by atoms with E-state index in [1.807, 2.05) is 11.8 Å². The number of allylic oxidation sites excluding steroid dienone is 1. The molecule has 2 N–H and O–H groups in total. The maximum atomic E-state index is 8.90. The second-order valence-electron chi connectivity index (χ2n) is 1.80. The fraction of sp³-hybridized carbons (Fsp3) is 0.714. The number of thioether (sulfide) groups is 1. The number of hydrogen-bond donors (Lipinski definition) is 2. The second kappa shape index (κ2) is 6.81. The Morgan fingerprint density at radius 3 is 2.90 bits per heavy atom. The van der Waals surface area contributed by atoms with E-state index in [9.17, 15) is 0 Å². The van der Waals surface area contributed by atoms with E-state index in [-0.39, 0.29) is 5.88 Å². The van der Waals surface area contributed by atoms with Crippen LogP contribution in [-0.2, 0) is 0 Å². The van der Waals surface area contributed by atoms with Gasteiger partial charge in [-0.3, -0.25) is 0 Å². The molecule has 0 radical (unpaired) electrons. The van der Waals surface area contributed by atoms with Crippen molar-refractivity contribution >= 4 is 11.8 Å². The molecule has 0 bridgehead atoms. The van der Waals surface area contributed by atoms with E-state index in [0.717, 1.165) is 18.1 Å². The summed E-state index contributed by atoms with van der Waals surface area (Å²) in [7, 11) is 0. The largest absolute Gasteiger partial charge is 0.495 e. The molecule has 10 heavy (non-hydrogen) atoms. The molecule has 0 aliphatic rings. The molecule has 0 unspecified atom stereocenters. The van der Waals surface area contributed by atoms with Gasteiger partial charge >= 0.3 is 0 Å². The fourth-order valence-corrected chi connectivity index (χ4v) is 1.03. The minimum absolute atomic E-state index is 0.275. The normalized spacial score (nSPS) is 11.6. The van der Waals surface area contributed by atoms with Gasteiger partial charge in [-0.05, 0) is 18.8 Å². The number of aliphatic hydroxyl groups excluding tert-OH is 1. The molecule has 3 heteroatoms. The van der Waals surface area contributed by atoms with Crippen molar-refractivity contribution in [1.82, 2.24) is 5.32 Å². The Kier molecular flexibility index (Phi) is 6.59. The summed E-state index contributed by atoms with van der Waals surface area (Å²) in [5, 5.41) is 11.8. The third-order valence-electron chi connectivity index (χ3n) is 1.03. The molecule has 0 saturated carbocycles. The summed E-state index contributed by atoms with van der Waals surface area (Å²) in [4.78, 5) is 0. The van der Waals surface area contributed by atoms with E-state index in [0.29, 0.717) is 0 Å². The fourth-order valence-electron chi connectivity index (χ4n) is 0.498. The molecular weight excluding hydrogens is 146 g/mol. The highest BCUT2D eigenvalue weighted by atomic mass is 32.2. The standard InChI is InChI=1S/C7H15NOS/c1-3-7(9)8-5-6-10-4-2/h3,8-9H,4-6H2,1-2H3/b7-3+. The van der Waals surface area contributed by atoms with Gasteiger partial charge in [-0.2, -0.15) is 11.8 Å². The molecule has 0 fully saturated rings. The SMILES string of the molecule is C/C=C(/O)NCCSCC. The molecule has 0 spiro atoms. The Balaban J connectivity index is 3.04. The van der Waals surface area contributed by atoms with Crippen LogP contribution >= 0.6 is 11.8 Å². The number of nitrogens with one attached hydrogen (secondary N) is 1. The lowest BCUT2D eigenvalue weighted by Gasteiger charge is -2.02. The van der Waals surface area contributed by atoms with Gasteiger partial charge in [0.15, 0.2) is 5.88 Å². The quantitative estimate of drug-likeness (QED) is 0.476. The zero-order valence-electron chi connectivity index (χ0n) is 6.55. The summed E-state index contributed by atoms with van der Waals surface area (Å²) in [6.45, 7) is 4.77. The van der Waals surface area contributed by atoms with Crippen LogP contribution in [0.3, 0.4) is 0 Å². The lowest BCUT2D eigenvalue weighted by atomic mass is 10.6. The highest BCUT2D eigenvalue weighted by Gasteiger charge is 1.87. The summed E-state index contributed by atoms with van der Waals surface area (Å²) in [6, 6.07) is 0. The van der Waals surface area contributed by atoms with Crippen LogP contribution in [0.25, 0.3) is 0 Å². The molecule has 0 aliphatic heterocycles. The van der Waals surface area contributed by atoms with Gasteiger partial charge < -0.3 is 10.4 Å². The van der Waals surface area contributed by atoms with E-state index in [4.69, 9.17) is 5.11 Å². The van der Waals surface area contributed by atoms with Crippen molar-refractivity contribution in [2.75, 3.05) is 18.1 Å². The molecule has 0 saturated heterocycles. The summed E-state index contributed by atoms with van der Waals surface area (Å²) in [5.41, 5.74) is 0. The first kappa shape index (κ1) is 9.69. The molecule has 0 aromatic carbocycles. The van der Waals surface area contributed by atoms with Gasteiger partial charge in [-0.25, -0.2) is 0 Å². The lowest BCUT2D eigenvalue weighted by molar-refractivity contribution is 0.367. The average molecular weight is 161 g/mol. The number of hydrogen-bond acceptors (Lipinski definition) is 3. The zero-order chi connectivity index (χ0) is 7.82. The zero-order valence-corrected chi connectivity index (χ0v) is 7.37. The summed E-state index contributed by atoms with van der Waals surface area (Å²) < 4.78 is 0. The Morgan fingerprint density at radius 1 is 1.70 bits per heavy atom. The molecule has 2 nitrogen and oxygen atoms in total. The maximum absolute atomic E-state index is 8.90. The molecular formula is C7H15NOS. The van der Waals surface area contributed by atoms with Crippen LogP contribution in [0.4, 0.5) is 0 Å². The Morgan fingerprint density at radius 2 is 2.40 bits per heavy atom. The van der Waals surface area contributed by atoms with Crippen LogP contribution in [0.15, 0.2) is 12.0 Å². The average Bonchev–Trinajstić information content (AvgIpc) is 1.98. The van der Waals surface area contributed by atoms with E-state index >= 15 is 0 Å². The molecule has 0 amide bonds. The summed E-state index contributed by atoms with van der Waals surface area (Å²) in [5.74, 6) is 2.46. The topological polar surface area (TPSA) is 32.3 Å². The van der Waals surface area contributed by atoms with Crippen molar-refractivity contribution in [1.29, 1.82) is 0 Å².